The zero-order valence-electron chi connectivity index (χ0n) is 20.9. The average molecular weight is 566 g/mol. The summed E-state index contributed by atoms with van der Waals surface area (Å²) < 4.78 is 22.9. The van der Waals surface area contributed by atoms with Crippen LogP contribution in [0.5, 0.6) is 0 Å². The molecule has 0 aliphatic rings. The minimum absolute atomic E-state index is 0.00412. The molecule has 0 atom stereocenters. The lowest BCUT2D eigenvalue weighted by Crippen LogP contribution is -2.32. The topological polar surface area (TPSA) is 127 Å². The molecular formula is C26H24FN7O3S2. The third-order valence-electron chi connectivity index (χ3n) is 5.87. The zero-order valence-corrected chi connectivity index (χ0v) is 22.5. The molecule has 0 radical (unpaired) electrons. The first-order chi connectivity index (χ1) is 19.0. The molecule has 0 fully saturated rings. The lowest BCUT2D eigenvalue weighted by molar-refractivity contribution is 0.102. The molecule has 0 spiro atoms. The van der Waals surface area contributed by atoms with Gasteiger partial charge in [0.1, 0.15) is 22.6 Å². The molecule has 2 N–H and O–H groups in total. The summed E-state index contributed by atoms with van der Waals surface area (Å²) in [5.74, 6) is -0.529. The van der Waals surface area contributed by atoms with Crippen LogP contribution in [-0.4, -0.2) is 43.3 Å². The molecule has 0 bridgehead atoms. The van der Waals surface area contributed by atoms with Gasteiger partial charge in [0.15, 0.2) is 4.34 Å². The summed E-state index contributed by atoms with van der Waals surface area (Å²) >= 11 is 2.45. The number of nitrogens with one attached hydrogen (secondary N) is 2. The largest absolute Gasteiger partial charge is 0.382 e. The molecule has 4 heterocycles. The Bertz CT molecular complexity index is 1780. The van der Waals surface area contributed by atoms with Crippen LogP contribution in [0.1, 0.15) is 29.3 Å². The van der Waals surface area contributed by atoms with E-state index < -0.39 is 5.91 Å². The number of thioether (sulfide) groups is 1. The van der Waals surface area contributed by atoms with Crippen molar-refractivity contribution in [1.82, 2.24) is 24.1 Å². The van der Waals surface area contributed by atoms with Gasteiger partial charge in [0.25, 0.3) is 11.5 Å². The third kappa shape index (κ3) is 5.75. The van der Waals surface area contributed by atoms with Crippen LogP contribution in [-0.2, 0) is 17.0 Å². The summed E-state index contributed by atoms with van der Waals surface area (Å²) in [6, 6.07) is 13.1. The number of ether oxygens (including phenoxy) is 1. The van der Waals surface area contributed by atoms with Gasteiger partial charge in [-0.15, -0.1) is 10.2 Å². The molecular weight excluding hydrogens is 541 g/mol. The van der Waals surface area contributed by atoms with E-state index in [1.165, 1.54) is 28.3 Å². The van der Waals surface area contributed by atoms with Gasteiger partial charge in [-0.3, -0.25) is 24.7 Å². The van der Waals surface area contributed by atoms with E-state index in [2.05, 4.69) is 20.5 Å². The monoisotopic (exact) mass is 565 g/mol. The van der Waals surface area contributed by atoms with Gasteiger partial charge in [-0.05, 0) is 43.2 Å². The molecule has 1 aromatic carbocycles. The van der Waals surface area contributed by atoms with Crippen molar-refractivity contribution in [3.8, 4) is 0 Å². The first kappa shape index (κ1) is 26.7. The Morgan fingerprint density at radius 1 is 1.21 bits per heavy atom. The maximum Gasteiger partial charge on any atom is 0.267 e. The van der Waals surface area contributed by atoms with E-state index in [1.807, 2.05) is 6.92 Å². The SMILES string of the molecule is CCOCCCn1c(=N)c(C(=O)Nc2nnc(SCc3ccccc3F)s2)cc2c(=O)n3ccccc3nc21. The Balaban J connectivity index is 1.45. The number of rotatable bonds is 10. The number of benzene rings is 1. The lowest BCUT2D eigenvalue weighted by Gasteiger charge is -2.14. The van der Waals surface area contributed by atoms with Crippen molar-refractivity contribution in [2.45, 2.75) is 30.0 Å². The van der Waals surface area contributed by atoms with E-state index in [0.29, 0.717) is 53.1 Å². The first-order valence-corrected chi connectivity index (χ1v) is 13.9. The highest BCUT2D eigenvalue weighted by atomic mass is 32.2. The molecule has 10 nitrogen and oxygen atoms in total. The number of aryl methyl sites for hydroxylation is 1. The summed E-state index contributed by atoms with van der Waals surface area (Å²) in [6.45, 7) is 3.26. The maximum absolute atomic E-state index is 13.9. The van der Waals surface area contributed by atoms with Gasteiger partial charge in [-0.1, -0.05) is 47.4 Å². The molecule has 0 aliphatic heterocycles. The molecule has 4 aromatic heterocycles. The molecule has 0 saturated heterocycles. The lowest BCUT2D eigenvalue weighted by atomic mass is 10.2. The highest BCUT2D eigenvalue weighted by Crippen LogP contribution is 2.29. The van der Waals surface area contributed by atoms with Crippen molar-refractivity contribution in [2.75, 3.05) is 18.5 Å². The van der Waals surface area contributed by atoms with E-state index >= 15 is 0 Å². The van der Waals surface area contributed by atoms with E-state index in [0.717, 1.165) is 11.3 Å². The Morgan fingerprint density at radius 3 is 2.85 bits per heavy atom. The van der Waals surface area contributed by atoms with Gasteiger partial charge in [-0.2, -0.15) is 0 Å². The van der Waals surface area contributed by atoms with Crippen LogP contribution in [0.2, 0.25) is 0 Å². The van der Waals surface area contributed by atoms with E-state index in [1.54, 1.807) is 47.2 Å². The number of aromatic nitrogens is 5. The smallest absolute Gasteiger partial charge is 0.267 e. The summed E-state index contributed by atoms with van der Waals surface area (Å²) in [4.78, 5) is 31.2. The Hall–Kier alpha value is -3.94. The van der Waals surface area contributed by atoms with Crippen molar-refractivity contribution in [2.24, 2.45) is 0 Å². The quantitative estimate of drug-likeness (QED) is 0.113. The number of hydrogen-bond acceptors (Lipinski definition) is 9. The highest BCUT2D eigenvalue weighted by molar-refractivity contribution is 8.00. The number of pyridine rings is 2. The third-order valence-corrected chi connectivity index (χ3v) is 7.89. The zero-order chi connectivity index (χ0) is 27.4. The van der Waals surface area contributed by atoms with Gasteiger partial charge in [0.2, 0.25) is 5.13 Å². The molecule has 5 rings (SSSR count). The molecule has 200 valence electrons. The van der Waals surface area contributed by atoms with E-state index in [4.69, 9.17) is 10.1 Å². The van der Waals surface area contributed by atoms with Gasteiger partial charge in [-0.25, -0.2) is 9.37 Å². The fraction of sp³-hybridized carbons (Fsp3) is 0.231. The standard InChI is InChI=1S/C26H24FN7O3S2/c1-2-37-13-7-12-34-21(28)17(14-18-22(34)29-20-10-5-6-11-33(20)24(18)36)23(35)30-25-31-32-26(39-25)38-15-16-8-3-4-9-19(16)27/h3-6,8-11,14,28H,2,7,12-13,15H2,1H3,(H,30,31,35). The van der Waals surface area contributed by atoms with Crippen LogP contribution in [0.25, 0.3) is 16.7 Å². The summed E-state index contributed by atoms with van der Waals surface area (Å²) in [7, 11) is 0. The van der Waals surface area contributed by atoms with E-state index in [9.17, 15) is 14.0 Å². The van der Waals surface area contributed by atoms with Gasteiger partial charge >= 0.3 is 0 Å². The molecule has 39 heavy (non-hydrogen) atoms. The van der Waals surface area contributed by atoms with Crippen molar-refractivity contribution < 1.29 is 13.9 Å². The van der Waals surface area contributed by atoms with Gasteiger partial charge in [0.05, 0.1) is 10.9 Å². The van der Waals surface area contributed by atoms with E-state index in [-0.39, 0.29) is 32.9 Å². The van der Waals surface area contributed by atoms with Crippen molar-refractivity contribution in [3.05, 3.63) is 87.5 Å². The number of halogens is 1. The highest BCUT2D eigenvalue weighted by Gasteiger charge is 2.19. The second-order valence-electron chi connectivity index (χ2n) is 8.40. The van der Waals surface area contributed by atoms with Gasteiger partial charge in [0, 0.05) is 31.7 Å². The molecule has 0 saturated carbocycles. The Kier molecular flexibility index (Phi) is 8.10. The number of carbonyl (C=O) groups excluding carboxylic acids is 1. The molecule has 5 aromatic rings. The summed E-state index contributed by atoms with van der Waals surface area (Å²) in [6.07, 6.45) is 2.18. The maximum atomic E-state index is 13.9. The summed E-state index contributed by atoms with van der Waals surface area (Å²) in [5, 5.41) is 20.0. The van der Waals surface area contributed by atoms with Crippen LogP contribution in [0, 0.1) is 11.2 Å². The second kappa shape index (κ2) is 11.8. The number of carbonyl (C=O) groups is 1. The van der Waals surface area contributed by atoms with Crippen molar-refractivity contribution in [1.29, 1.82) is 5.41 Å². The molecule has 0 aliphatic carbocycles. The van der Waals surface area contributed by atoms with Crippen LogP contribution < -0.4 is 16.4 Å². The van der Waals surface area contributed by atoms with Crippen molar-refractivity contribution in [3.63, 3.8) is 0 Å². The van der Waals surface area contributed by atoms with Crippen LogP contribution >= 0.6 is 23.1 Å². The van der Waals surface area contributed by atoms with Crippen LogP contribution in [0.15, 0.2) is 63.9 Å². The fourth-order valence-corrected chi connectivity index (χ4v) is 5.72. The minimum atomic E-state index is -0.597. The Labute approximate surface area is 230 Å². The number of hydrogen-bond donors (Lipinski definition) is 2. The number of amides is 1. The molecule has 1 amide bonds. The van der Waals surface area contributed by atoms with Crippen LogP contribution in [0.3, 0.4) is 0 Å². The molecule has 0 unspecified atom stereocenters. The minimum Gasteiger partial charge on any atom is -0.382 e. The normalized spacial score (nSPS) is 11.3. The fourth-order valence-electron chi connectivity index (χ4n) is 3.98. The second-order valence-corrected chi connectivity index (χ2v) is 10.6. The van der Waals surface area contributed by atoms with Crippen LogP contribution in [0.4, 0.5) is 9.52 Å². The number of anilines is 1. The predicted octanol–water partition coefficient (Wildman–Crippen LogP) is 4.09. The Morgan fingerprint density at radius 2 is 2.03 bits per heavy atom. The molecule has 13 heteroatoms. The average Bonchev–Trinajstić information content (AvgIpc) is 3.38. The summed E-state index contributed by atoms with van der Waals surface area (Å²) in [5.41, 5.74) is 0.892. The van der Waals surface area contributed by atoms with Gasteiger partial charge < -0.3 is 9.30 Å². The number of nitrogens with zero attached hydrogens (tertiary/aromatic N) is 5. The number of fused-ring (bicyclic) bond motifs is 2. The first-order valence-electron chi connectivity index (χ1n) is 12.1. The predicted molar refractivity (Wildman–Crippen MR) is 148 cm³/mol. The van der Waals surface area contributed by atoms with Crippen molar-refractivity contribution >= 4 is 50.8 Å².